The fourth-order valence-corrected chi connectivity index (χ4v) is 4.72. The molecule has 28 heavy (non-hydrogen) atoms. The van der Waals surface area contributed by atoms with Crippen molar-refractivity contribution in [3.05, 3.63) is 95.7 Å². The number of aromatic nitrogens is 1. The Labute approximate surface area is 163 Å². The Bertz CT molecular complexity index is 1210. The highest BCUT2D eigenvalue weighted by Crippen LogP contribution is 2.47. The lowest BCUT2D eigenvalue weighted by Gasteiger charge is -2.47. The lowest BCUT2D eigenvalue weighted by Crippen LogP contribution is -2.50. The number of aromatic amines is 1. The molecule has 0 fully saturated rings. The Hall–Kier alpha value is -3.53. The molecule has 0 saturated heterocycles. The van der Waals surface area contributed by atoms with Gasteiger partial charge in [0.15, 0.2) is 6.17 Å². The second-order valence-electron chi connectivity index (χ2n) is 7.41. The number of amides is 1. The van der Waals surface area contributed by atoms with Gasteiger partial charge in [-0.15, -0.1) is 0 Å². The second kappa shape index (κ2) is 5.73. The van der Waals surface area contributed by atoms with E-state index in [2.05, 4.69) is 52.3 Å². The van der Waals surface area contributed by atoms with Gasteiger partial charge < -0.3 is 14.8 Å². The molecule has 6 rings (SSSR count). The van der Waals surface area contributed by atoms with Gasteiger partial charge in [0.25, 0.3) is 5.91 Å². The number of benzene rings is 3. The molecule has 4 nitrogen and oxygen atoms in total. The van der Waals surface area contributed by atoms with E-state index in [1.807, 2.05) is 41.3 Å². The summed E-state index contributed by atoms with van der Waals surface area (Å²) in [6.07, 6.45) is 0.702. The van der Waals surface area contributed by atoms with E-state index in [-0.39, 0.29) is 12.1 Å². The van der Waals surface area contributed by atoms with Crippen LogP contribution in [-0.4, -0.2) is 22.3 Å². The zero-order valence-corrected chi connectivity index (χ0v) is 15.3. The number of anilines is 2. The molecule has 1 atom stereocenters. The summed E-state index contributed by atoms with van der Waals surface area (Å²) >= 11 is 0. The van der Waals surface area contributed by atoms with Crippen molar-refractivity contribution in [2.45, 2.75) is 12.6 Å². The van der Waals surface area contributed by atoms with Crippen molar-refractivity contribution >= 4 is 28.2 Å². The summed E-state index contributed by atoms with van der Waals surface area (Å²) in [5.41, 5.74) is 6.40. The van der Waals surface area contributed by atoms with E-state index < -0.39 is 0 Å². The summed E-state index contributed by atoms with van der Waals surface area (Å²) in [5.74, 6) is 0.108. The van der Waals surface area contributed by atoms with Gasteiger partial charge in [0.05, 0.1) is 16.9 Å². The minimum absolute atomic E-state index is 0.108. The first kappa shape index (κ1) is 15.5. The van der Waals surface area contributed by atoms with Crippen LogP contribution in [0.25, 0.3) is 10.9 Å². The molecule has 0 unspecified atom stereocenters. The van der Waals surface area contributed by atoms with Crippen molar-refractivity contribution in [1.29, 1.82) is 0 Å². The van der Waals surface area contributed by atoms with Gasteiger partial charge in [-0.25, -0.2) is 0 Å². The molecule has 0 bridgehead atoms. The summed E-state index contributed by atoms with van der Waals surface area (Å²) in [6.45, 7) is 0.718. The smallest absolute Gasteiger partial charge is 0.257 e. The van der Waals surface area contributed by atoms with Gasteiger partial charge in [-0.2, -0.15) is 0 Å². The fraction of sp³-hybridized carbons (Fsp3) is 0.125. The van der Waals surface area contributed by atoms with Crippen LogP contribution < -0.4 is 4.90 Å². The molecule has 3 aromatic carbocycles. The normalized spacial score (nSPS) is 18.0. The molecule has 0 radical (unpaired) electrons. The van der Waals surface area contributed by atoms with E-state index >= 15 is 0 Å². The van der Waals surface area contributed by atoms with Gasteiger partial charge >= 0.3 is 0 Å². The third-order valence-electron chi connectivity index (χ3n) is 5.94. The van der Waals surface area contributed by atoms with Crippen LogP contribution >= 0.6 is 0 Å². The maximum absolute atomic E-state index is 13.3. The van der Waals surface area contributed by atoms with Crippen molar-refractivity contribution in [1.82, 2.24) is 9.88 Å². The van der Waals surface area contributed by atoms with E-state index in [0.717, 1.165) is 41.1 Å². The average molecular weight is 365 g/mol. The van der Waals surface area contributed by atoms with Gasteiger partial charge in [0.1, 0.15) is 0 Å². The molecule has 0 aliphatic carbocycles. The Morgan fingerprint density at radius 1 is 0.857 bits per heavy atom. The highest BCUT2D eigenvalue weighted by molar-refractivity contribution is 6.04. The largest absolute Gasteiger partial charge is 0.355 e. The van der Waals surface area contributed by atoms with Crippen LogP contribution in [0.5, 0.6) is 0 Å². The number of hydrogen-bond donors (Lipinski definition) is 1. The molecular formula is C24H19N3O. The van der Waals surface area contributed by atoms with Gasteiger partial charge in [0.2, 0.25) is 0 Å². The number of carbonyl (C=O) groups excluding carboxylic acids is 1. The third-order valence-corrected chi connectivity index (χ3v) is 5.94. The molecule has 4 heteroatoms. The first-order valence-corrected chi connectivity index (χ1v) is 9.67. The lowest BCUT2D eigenvalue weighted by atomic mass is 9.95. The molecule has 3 heterocycles. The molecule has 2 aliphatic rings. The van der Waals surface area contributed by atoms with Crippen LogP contribution in [-0.2, 0) is 6.42 Å². The SMILES string of the molecule is O=C1c2ccccc2N(c2ccccc2)[C@H]2c3[nH]c4ccccc4c3CCN12. The summed E-state index contributed by atoms with van der Waals surface area (Å²) in [7, 11) is 0. The Kier molecular flexibility index (Phi) is 3.18. The highest BCUT2D eigenvalue weighted by Gasteiger charge is 2.43. The van der Waals surface area contributed by atoms with E-state index in [1.54, 1.807) is 0 Å². The molecule has 136 valence electrons. The van der Waals surface area contributed by atoms with Crippen LogP contribution in [0.2, 0.25) is 0 Å². The predicted molar refractivity (Wildman–Crippen MR) is 111 cm³/mol. The Morgan fingerprint density at radius 2 is 1.61 bits per heavy atom. The van der Waals surface area contributed by atoms with Crippen molar-refractivity contribution in [2.24, 2.45) is 0 Å². The van der Waals surface area contributed by atoms with E-state index in [0.29, 0.717) is 0 Å². The van der Waals surface area contributed by atoms with E-state index in [9.17, 15) is 4.79 Å². The van der Waals surface area contributed by atoms with Crippen LogP contribution in [0, 0.1) is 0 Å². The molecule has 0 spiro atoms. The van der Waals surface area contributed by atoms with E-state index in [4.69, 9.17) is 0 Å². The molecule has 4 aromatic rings. The average Bonchev–Trinajstić information content (AvgIpc) is 3.14. The number of para-hydroxylation sites is 3. The van der Waals surface area contributed by atoms with Crippen molar-refractivity contribution in [3.63, 3.8) is 0 Å². The minimum atomic E-state index is -0.166. The number of nitrogens with zero attached hydrogens (tertiary/aromatic N) is 2. The number of fused-ring (bicyclic) bond motifs is 6. The van der Waals surface area contributed by atoms with Crippen LogP contribution in [0.3, 0.4) is 0 Å². The molecule has 1 amide bonds. The molecule has 1 N–H and O–H groups in total. The lowest BCUT2D eigenvalue weighted by molar-refractivity contribution is 0.0642. The summed E-state index contributed by atoms with van der Waals surface area (Å²) < 4.78 is 0. The number of carbonyl (C=O) groups is 1. The van der Waals surface area contributed by atoms with Gasteiger partial charge in [-0.3, -0.25) is 4.79 Å². The molecule has 1 aromatic heterocycles. The quantitative estimate of drug-likeness (QED) is 0.515. The second-order valence-corrected chi connectivity index (χ2v) is 7.41. The zero-order valence-electron chi connectivity index (χ0n) is 15.3. The van der Waals surface area contributed by atoms with Crippen molar-refractivity contribution < 1.29 is 4.79 Å². The Morgan fingerprint density at radius 3 is 2.50 bits per heavy atom. The number of hydrogen-bond acceptors (Lipinski definition) is 2. The first-order chi connectivity index (χ1) is 13.8. The van der Waals surface area contributed by atoms with Crippen molar-refractivity contribution in [3.8, 4) is 0 Å². The highest BCUT2D eigenvalue weighted by atomic mass is 16.2. The molecule has 0 saturated carbocycles. The van der Waals surface area contributed by atoms with Gasteiger partial charge in [-0.05, 0) is 42.3 Å². The fourth-order valence-electron chi connectivity index (χ4n) is 4.72. The van der Waals surface area contributed by atoms with Gasteiger partial charge in [-0.1, -0.05) is 48.5 Å². The molecule has 2 aliphatic heterocycles. The maximum Gasteiger partial charge on any atom is 0.257 e. The van der Waals surface area contributed by atoms with Crippen LogP contribution in [0.4, 0.5) is 11.4 Å². The monoisotopic (exact) mass is 365 g/mol. The first-order valence-electron chi connectivity index (χ1n) is 9.67. The van der Waals surface area contributed by atoms with Gasteiger partial charge in [0, 0.05) is 23.1 Å². The van der Waals surface area contributed by atoms with Crippen LogP contribution in [0.15, 0.2) is 78.9 Å². The maximum atomic E-state index is 13.3. The number of H-pyrrole nitrogens is 1. The van der Waals surface area contributed by atoms with E-state index in [1.165, 1.54) is 10.9 Å². The van der Waals surface area contributed by atoms with Crippen LogP contribution in [0.1, 0.15) is 27.8 Å². The summed E-state index contributed by atoms with van der Waals surface area (Å²) in [4.78, 5) is 21.3. The number of nitrogens with one attached hydrogen (secondary N) is 1. The summed E-state index contributed by atoms with van der Waals surface area (Å²) in [6, 6.07) is 26.7. The topological polar surface area (TPSA) is 39.3 Å². The number of rotatable bonds is 1. The minimum Gasteiger partial charge on any atom is -0.355 e. The standard InChI is InChI=1S/C24H19N3O/c28-24-19-11-5-7-13-21(19)27(16-8-2-1-3-9-16)23-22-18(14-15-26(23)24)17-10-4-6-12-20(17)25-22/h1-13,23,25H,14-15H2/t23-/m0/s1. The zero-order chi connectivity index (χ0) is 18.7. The van der Waals surface area contributed by atoms with Crippen molar-refractivity contribution in [2.75, 3.05) is 11.4 Å². The molecular weight excluding hydrogens is 346 g/mol. The predicted octanol–water partition coefficient (Wildman–Crippen LogP) is 5.02. The summed E-state index contributed by atoms with van der Waals surface area (Å²) in [5, 5.41) is 1.26. The third kappa shape index (κ3) is 2.03. The Balaban J connectivity index is 1.65.